The maximum atomic E-state index is 12.3. The number of carbonyl (C=O) groups is 1. The Kier molecular flexibility index (Phi) is 6.02. The number of fused-ring (bicyclic) bond motifs is 1. The van der Waals surface area contributed by atoms with E-state index >= 15 is 0 Å². The molecule has 0 saturated heterocycles. The van der Waals surface area contributed by atoms with Gasteiger partial charge in [-0.1, -0.05) is 25.6 Å². The highest BCUT2D eigenvalue weighted by Crippen LogP contribution is 2.20. The van der Waals surface area contributed by atoms with E-state index in [4.69, 9.17) is 0 Å². The molecule has 1 amide bonds. The summed E-state index contributed by atoms with van der Waals surface area (Å²) < 4.78 is 2.19. The summed E-state index contributed by atoms with van der Waals surface area (Å²) >= 11 is 2.73. The second-order valence-electron chi connectivity index (χ2n) is 5.06. The number of nitrogens with zero attached hydrogens (tertiary/aromatic N) is 3. The lowest BCUT2D eigenvalue weighted by Gasteiger charge is -2.21. The smallest absolute Gasteiger partial charge is 0.271 e. The second kappa shape index (κ2) is 7.78. The molecular weight excluding hydrogens is 318 g/mol. The lowest BCUT2D eigenvalue weighted by molar-refractivity contribution is -0.128. The van der Waals surface area contributed by atoms with Crippen LogP contribution in [0.3, 0.4) is 0 Å². The zero-order valence-corrected chi connectivity index (χ0v) is 14.8. The molecule has 2 aromatic heterocycles. The molecule has 120 valence electrons. The van der Waals surface area contributed by atoms with Gasteiger partial charge in [0.1, 0.15) is 4.70 Å². The van der Waals surface area contributed by atoms with E-state index in [-0.39, 0.29) is 11.5 Å². The van der Waals surface area contributed by atoms with Crippen LogP contribution >= 0.6 is 23.1 Å². The minimum absolute atomic E-state index is 0.0473. The number of rotatable bonds is 7. The number of amides is 1. The van der Waals surface area contributed by atoms with E-state index < -0.39 is 0 Å². The predicted octanol–water partition coefficient (Wildman–Crippen LogP) is 2.74. The summed E-state index contributed by atoms with van der Waals surface area (Å²) in [5, 5.41) is 2.46. The number of hydrogen-bond donors (Lipinski definition) is 0. The molecule has 0 spiro atoms. The lowest BCUT2D eigenvalue weighted by Crippen LogP contribution is -2.34. The summed E-state index contributed by atoms with van der Waals surface area (Å²) in [6.07, 6.45) is 1.90. The van der Waals surface area contributed by atoms with Crippen molar-refractivity contribution in [2.75, 3.05) is 18.8 Å². The first-order chi connectivity index (χ1) is 10.6. The zero-order chi connectivity index (χ0) is 16.1. The molecule has 22 heavy (non-hydrogen) atoms. The standard InChI is InChI=1S/C15H21N3O2S2/c1-4-7-18(8-5-2)12(19)10-22-15-16-11-6-9-21-13(11)14(20)17(15)3/h6,9H,4-5,7-8,10H2,1-3H3. The Morgan fingerprint density at radius 2 is 2.05 bits per heavy atom. The summed E-state index contributed by atoms with van der Waals surface area (Å²) in [6, 6.07) is 1.84. The third-order valence-electron chi connectivity index (χ3n) is 3.31. The van der Waals surface area contributed by atoms with Crippen LogP contribution in [-0.4, -0.2) is 39.2 Å². The third-order valence-corrected chi connectivity index (χ3v) is 5.22. The Morgan fingerprint density at radius 3 is 2.68 bits per heavy atom. The minimum atomic E-state index is -0.0473. The van der Waals surface area contributed by atoms with Crippen molar-refractivity contribution in [1.82, 2.24) is 14.5 Å². The van der Waals surface area contributed by atoms with Crippen molar-refractivity contribution in [1.29, 1.82) is 0 Å². The first-order valence-electron chi connectivity index (χ1n) is 7.43. The Labute approximate surface area is 138 Å². The molecular formula is C15H21N3O2S2. The Hall–Kier alpha value is -1.34. The fraction of sp³-hybridized carbons (Fsp3) is 0.533. The number of thiophene rings is 1. The molecule has 0 bridgehead atoms. The summed E-state index contributed by atoms with van der Waals surface area (Å²) in [6.45, 7) is 5.70. The molecule has 0 fully saturated rings. The largest absolute Gasteiger partial charge is 0.342 e. The Bertz CT molecular complexity index is 702. The van der Waals surface area contributed by atoms with Gasteiger partial charge >= 0.3 is 0 Å². The monoisotopic (exact) mass is 339 g/mol. The van der Waals surface area contributed by atoms with Gasteiger partial charge in [0.05, 0.1) is 11.3 Å². The summed E-state index contributed by atoms with van der Waals surface area (Å²) in [4.78, 5) is 30.9. The van der Waals surface area contributed by atoms with Crippen molar-refractivity contribution in [3.05, 3.63) is 21.8 Å². The first kappa shape index (κ1) is 17.0. The van der Waals surface area contributed by atoms with Gasteiger partial charge in [0.25, 0.3) is 5.56 Å². The van der Waals surface area contributed by atoms with Crippen molar-refractivity contribution in [3.63, 3.8) is 0 Å². The number of hydrogen-bond acceptors (Lipinski definition) is 5. The molecule has 2 aromatic rings. The molecule has 2 rings (SSSR count). The van der Waals surface area contributed by atoms with E-state index in [2.05, 4.69) is 18.8 Å². The maximum Gasteiger partial charge on any atom is 0.271 e. The van der Waals surface area contributed by atoms with Crippen molar-refractivity contribution in [2.24, 2.45) is 7.05 Å². The average Bonchev–Trinajstić information content (AvgIpc) is 2.97. The highest BCUT2D eigenvalue weighted by molar-refractivity contribution is 7.99. The quantitative estimate of drug-likeness (QED) is 0.575. The molecule has 0 aliphatic heterocycles. The van der Waals surface area contributed by atoms with Gasteiger partial charge in [-0.05, 0) is 24.3 Å². The molecule has 0 saturated carbocycles. The van der Waals surface area contributed by atoms with Gasteiger partial charge in [-0.2, -0.15) is 0 Å². The van der Waals surface area contributed by atoms with Gasteiger partial charge < -0.3 is 4.90 Å². The molecule has 0 atom stereocenters. The van der Waals surface area contributed by atoms with Gasteiger partial charge in [0.15, 0.2) is 5.16 Å². The molecule has 0 unspecified atom stereocenters. The highest BCUT2D eigenvalue weighted by atomic mass is 32.2. The van der Waals surface area contributed by atoms with Crippen LogP contribution in [0.4, 0.5) is 0 Å². The first-order valence-corrected chi connectivity index (χ1v) is 9.29. The van der Waals surface area contributed by atoms with Crippen LogP contribution in [0, 0.1) is 0 Å². The summed E-state index contributed by atoms with van der Waals surface area (Å²) in [5.74, 6) is 0.420. The molecule has 0 aliphatic carbocycles. The summed E-state index contributed by atoms with van der Waals surface area (Å²) in [5.41, 5.74) is 0.663. The van der Waals surface area contributed by atoms with Crippen LogP contribution in [0.25, 0.3) is 10.2 Å². The van der Waals surface area contributed by atoms with Crippen molar-refractivity contribution < 1.29 is 4.79 Å². The molecule has 5 nitrogen and oxygen atoms in total. The van der Waals surface area contributed by atoms with E-state index in [1.54, 1.807) is 7.05 Å². The van der Waals surface area contributed by atoms with Crippen molar-refractivity contribution in [2.45, 2.75) is 31.8 Å². The predicted molar refractivity (Wildman–Crippen MR) is 92.7 cm³/mol. The van der Waals surface area contributed by atoms with E-state index in [9.17, 15) is 9.59 Å². The van der Waals surface area contributed by atoms with Crippen molar-refractivity contribution >= 4 is 39.2 Å². The van der Waals surface area contributed by atoms with Crippen LogP contribution in [0.15, 0.2) is 21.4 Å². The molecule has 0 aliphatic rings. The molecule has 7 heteroatoms. The van der Waals surface area contributed by atoms with Gasteiger partial charge in [-0.25, -0.2) is 4.98 Å². The van der Waals surface area contributed by atoms with Gasteiger partial charge in [0.2, 0.25) is 5.91 Å². The van der Waals surface area contributed by atoms with Gasteiger partial charge in [-0.3, -0.25) is 14.2 Å². The van der Waals surface area contributed by atoms with E-state index in [1.807, 2.05) is 16.3 Å². The topological polar surface area (TPSA) is 55.2 Å². The summed E-state index contributed by atoms with van der Waals surface area (Å²) in [7, 11) is 1.71. The van der Waals surface area contributed by atoms with Crippen LogP contribution < -0.4 is 5.56 Å². The fourth-order valence-electron chi connectivity index (χ4n) is 2.22. The second-order valence-corrected chi connectivity index (χ2v) is 6.92. The molecule has 0 radical (unpaired) electrons. The molecule has 0 N–H and O–H groups in total. The third kappa shape index (κ3) is 3.70. The number of carbonyl (C=O) groups excluding carboxylic acids is 1. The van der Waals surface area contributed by atoms with E-state index in [0.29, 0.717) is 21.1 Å². The lowest BCUT2D eigenvalue weighted by atomic mass is 10.3. The Balaban J connectivity index is 2.12. The average molecular weight is 339 g/mol. The normalized spacial score (nSPS) is 11.0. The maximum absolute atomic E-state index is 12.3. The van der Waals surface area contributed by atoms with E-state index in [0.717, 1.165) is 25.9 Å². The minimum Gasteiger partial charge on any atom is -0.342 e. The van der Waals surface area contributed by atoms with Gasteiger partial charge in [0, 0.05) is 20.1 Å². The Morgan fingerprint density at radius 1 is 1.36 bits per heavy atom. The van der Waals surface area contributed by atoms with Crippen LogP contribution in [0.1, 0.15) is 26.7 Å². The zero-order valence-electron chi connectivity index (χ0n) is 13.2. The highest BCUT2D eigenvalue weighted by Gasteiger charge is 2.15. The number of aromatic nitrogens is 2. The molecule has 2 heterocycles. The van der Waals surface area contributed by atoms with Crippen LogP contribution in [0.5, 0.6) is 0 Å². The fourth-order valence-corrected chi connectivity index (χ4v) is 3.90. The van der Waals surface area contributed by atoms with Crippen LogP contribution in [-0.2, 0) is 11.8 Å². The van der Waals surface area contributed by atoms with Crippen molar-refractivity contribution in [3.8, 4) is 0 Å². The number of thioether (sulfide) groups is 1. The van der Waals surface area contributed by atoms with Crippen LogP contribution in [0.2, 0.25) is 0 Å². The van der Waals surface area contributed by atoms with Gasteiger partial charge in [-0.15, -0.1) is 11.3 Å². The SMILES string of the molecule is CCCN(CCC)C(=O)CSc1nc2ccsc2c(=O)n1C. The molecule has 0 aromatic carbocycles. The van der Waals surface area contributed by atoms with E-state index in [1.165, 1.54) is 27.7 Å².